The Morgan fingerprint density at radius 1 is 1.22 bits per heavy atom. The van der Waals surface area contributed by atoms with Crippen molar-refractivity contribution in [3.63, 3.8) is 0 Å². The number of halogens is 1. The maximum absolute atomic E-state index is 13.6. The zero-order chi connectivity index (χ0) is 16.2. The molecular weight excluding hydrogens is 301 g/mol. The van der Waals surface area contributed by atoms with Crippen LogP contribution in [0.3, 0.4) is 0 Å². The van der Waals surface area contributed by atoms with Crippen LogP contribution in [0, 0.1) is 5.82 Å². The quantitative estimate of drug-likeness (QED) is 0.715. The predicted octanol–water partition coefficient (Wildman–Crippen LogP) is 1.69. The molecule has 116 valence electrons. The molecule has 1 amide bonds. The molecule has 0 aliphatic rings. The second-order valence-electron chi connectivity index (χ2n) is 4.78. The first kappa shape index (κ1) is 14.6. The lowest BCUT2D eigenvalue weighted by Gasteiger charge is -2.08. The number of aromatic hydroxyl groups is 1. The Morgan fingerprint density at radius 2 is 2.00 bits per heavy atom. The molecule has 8 heteroatoms. The zero-order valence-electron chi connectivity index (χ0n) is 11.8. The lowest BCUT2D eigenvalue weighted by atomic mass is 10.1. The number of carbonyl (C=O) groups is 1. The number of aromatic nitrogens is 4. The maximum Gasteiger partial charge on any atom is 0.228 e. The van der Waals surface area contributed by atoms with E-state index in [9.17, 15) is 14.3 Å². The highest BCUT2D eigenvalue weighted by molar-refractivity contribution is 5.93. The first-order valence-corrected chi connectivity index (χ1v) is 6.73. The number of phenols is 1. The number of tetrazole rings is 1. The van der Waals surface area contributed by atoms with E-state index in [0.29, 0.717) is 0 Å². The van der Waals surface area contributed by atoms with Gasteiger partial charge in [0.05, 0.1) is 12.1 Å². The second-order valence-corrected chi connectivity index (χ2v) is 4.78. The number of nitrogens with zero attached hydrogens (tertiary/aromatic N) is 4. The van der Waals surface area contributed by atoms with Crippen molar-refractivity contribution in [2.75, 3.05) is 5.32 Å². The van der Waals surface area contributed by atoms with Crippen molar-refractivity contribution in [1.82, 2.24) is 20.2 Å². The van der Waals surface area contributed by atoms with E-state index in [1.54, 1.807) is 24.3 Å². The standard InChI is InChI=1S/C15H12FN5O2/c16-12-2-1-3-13(22)15(12)18-14(23)8-10-4-6-11(7-5-10)21-9-17-19-20-21/h1-7,9,22H,8H2,(H,18,23). The number of hydrogen-bond donors (Lipinski definition) is 2. The molecule has 7 nitrogen and oxygen atoms in total. The Bertz CT molecular complexity index is 798. The largest absolute Gasteiger partial charge is 0.506 e. The molecule has 1 aromatic heterocycles. The Balaban J connectivity index is 1.68. The van der Waals surface area contributed by atoms with E-state index in [4.69, 9.17) is 0 Å². The van der Waals surface area contributed by atoms with Crippen LogP contribution in [0.4, 0.5) is 10.1 Å². The van der Waals surface area contributed by atoms with Crippen LogP contribution >= 0.6 is 0 Å². The van der Waals surface area contributed by atoms with Crippen molar-refractivity contribution in [1.29, 1.82) is 0 Å². The minimum Gasteiger partial charge on any atom is -0.506 e. The van der Waals surface area contributed by atoms with E-state index in [1.807, 2.05) is 0 Å². The van der Waals surface area contributed by atoms with Crippen molar-refractivity contribution in [3.8, 4) is 11.4 Å². The Morgan fingerprint density at radius 3 is 2.65 bits per heavy atom. The summed E-state index contributed by atoms with van der Waals surface area (Å²) in [7, 11) is 0. The summed E-state index contributed by atoms with van der Waals surface area (Å²) in [5, 5.41) is 22.8. The van der Waals surface area contributed by atoms with Gasteiger partial charge in [0.25, 0.3) is 0 Å². The fourth-order valence-corrected chi connectivity index (χ4v) is 2.05. The molecule has 0 aliphatic heterocycles. The topological polar surface area (TPSA) is 92.9 Å². The molecule has 0 unspecified atom stereocenters. The summed E-state index contributed by atoms with van der Waals surface area (Å²) in [6, 6.07) is 10.8. The van der Waals surface area contributed by atoms with Gasteiger partial charge in [-0.25, -0.2) is 9.07 Å². The number of nitrogens with one attached hydrogen (secondary N) is 1. The number of amides is 1. The number of phenolic OH excluding ortho intramolecular Hbond substituents is 1. The summed E-state index contributed by atoms with van der Waals surface area (Å²) in [4.78, 5) is 12.0. The van der Waals surface area contributed by atoms with Crippen LogP contribution in [0.5, 0.6) is 5.75 Å². The lowest BCUT2D eigenvalue weighted by Crippen LogP contribution is -2.15. The maximum atomic E-state index is 13.6. The SMILES string of the molecule is O=C(Cc1ccc(-n2cnnn2)cc1)Nc1c(O)cccc1F. The first-order valence-electron chi connectivity index (χ1n) is 6.73. The molecule has 3 rings (SSSR count). The average molecular weight is 313 g/mol. The molecule has 2 aromatic carbocycles. The Kier molecular flexibility index (Phi) is 3.96. The second kappa shape index (κ2) is 6.22. The smallest absolute Gasteiger partial charge is 0.228 e. The zero-order valence-corrected chi connectivity index (χ0v) is 11.8. The minimum absolute atomic E-state index is 0.0453. The molecular formula is C15H12FN5O2. The van der Waals surface area contributed by atoms with Crippen LogP contribution in [0.2, 0.25) is 0 Å². The van der Waals surface area contributed by atoms with Gasteiger partial charge in [-0.2, -0.15) is 0 Å². The number of benzene rings is 2. The van der Waals surface area contributed by atoms with Crippen LogP contribution in [0.15, 0.2) is 48.8 Å². The van der Waals surface area contributed by atoms with E-state index < -0.39 is 11.7 Å². The monoisotopic (exact) mass is 313 g/mol. The van der Waals surface area contributed by atoms with Gasteiger partial charge in [0.1, 0.15) is 17.8 Å². The fourth-order valence-electron chi connectivity index (χ4n) is 2.05. The van der Waals surface area contributed by atoms with Gasteiger partial charge >= 0.3 is 0 Å². The highest BCUT2D eigenvalue weighted by atomic mass is 19.1. The predicted molar refractivity (Wildman–Crippen MR) is 79.6 cm³/mol. The van der Waals surface area contributed by atoms with E-state index in [-0.39, 0.29) is 17.9 Å². The summed E-state index contributed by atoms with van der Waals surface area (Å²) in [6.07, 6.45) is 1.51. The van der Waals surface area contributed by atoms with Crippen LogP contribution in [0.1, 0.15) is 5.56 Å². The number of rotatable bonds is 4. The molecule has 0 saturated heterocycles. The van der Waals surface area contributed by atoms with E-state index in [1.165, 1.54) is 23.1 Å². The molecule has 0 spiro atoms. The Labute approximate surface area is 130 Å². The molecule has 0 bridgehead atoms. The van der Waals surface area contributed by atoms with Crippen molar-refractivity contribution < 1.29 is 14.3 Å². The van der Waals surface area contributed by atoms with Crippen molar-refractivity contribution in [3.05, 3.63) is 60.2 Å². The molecule has 0 aliphatic carbocycles. The summed E-state index contributed by atoms with van der Waals surface area (Å²) in [6.45, 7) is 0. The summed E-state index contributed by atoms with van der Waals surface area (Å²) < 4.78 is 15.1. The molecule has 2 N–H and O–H groups in total. The van der Waals surface area contributed by atoms with E-state index >= 15 is 0 Å². The van der Waals surface area contributed by atoms with Crippen molar-refractivity contribution >= 4 is 11.6 Å². The molecule has 3 aromatic rings. The summed E-state index contributed by atoms with van der Waals surface area (Å²) in [5.74, 6) is -1.43. The number of anilines is 1. The van der Waals surface area contributed by atoms with Gasteiger partial charge in [-0.3, -0.25) is 4.79 Å². The van der Waals surface area contributed by atoms with Crippen LogP contribution in [-0.2, 0) is 11.2 Å². The van der Waals surface area contributed by atoms with Gasteiger partial charge in [0, 0.05) is 0 Å². The van der Waals surface area contributed by atoms with Crippen LogP contribution in [-0.4, -0.2) is 31.2 Å². The van der Waals surface area contributed by atoms with E-state index in [0.717, 1.165) is 17.3 Å². The number of carbonyl (C=O) groups excluding carboxylic acids is 1. The van der Waals surface area contributed by atoms with Crippen molar-refractivity contribution in [2.45, 2.75) is 6.42 Å². The molecule has 0 saturated carbocycles. The van der Waals surface area contributed by atoms with Crippen LogP contribution < -0.4 is 5.32 Å². The average Bonchev–Trinajstić information content (AvgIpc) is 3.06. The van der Waals surface area contributed by atoms with Gasteiger partial charge in [-0.05, 0) is 40.3 Å². The van der Waals surface area contributed by atoms with Gasteiger partial charge in [-0.15, -0.1) is 5.10 Å². The Hall–Kier alpha value is -3.29. The van der Waals surface area contributed by atoms with Gasteiger partial charge < -0.3 is 10.4 Å². The van der Waals surface area contributed by atoms with Crippen LogP contribution in [0.25, 0.3) is 5.69 Å². The van der Waals surface area contributed by atoms with E-state index in [2.05, 4.69) is 20.8 Å². The molecule has 23 heavy (non-hydrogen) atoms. The first-order chi connectivity index (χ1) is 11.1. The van der Waals surface area contributed by atoms with Gasteiger partial charge in [0.15, 0.2) is 5.82 Å². The van der Waals surface area contributed by atoms with Gasteiger partial charge in [-0.1, -0.05) is 18.2 Å². The molecule has 0 fully saturated rings. The highest BCUT2D eigenvalue weighted by Crippen LogP contribution is 2.25. The lowest BCUT2D eigenvalue weighted by molar-refractivity contribution is -0.115. The molecule has 1 heterocycles. The third kappa shape index (κ3) is 3.31. The summed E-state index contributed by atoms with van der Waals surface area (Å²) in [5.41, 5.74) is 1.27. The van der Waals surface area contributed by atoms with Gasteiger partial charge in [0.2, 0.25) is 5.91 Å². The normalized spacial score (nSPS) is 10.5. The third-order valence-corrected chi connectivity index (χ3v) is 3.17. The number of para-hydroxylation sites is 1. The fraction of sp³-hybridized carbons (Fsp3) is 0.0667. The third-order valence-electron chi connectivity index (χ3n) is 3.17. The molecule has 0 radical (unpaired) electrons. The minimum atomic E-state index is -0.688. The molecule has 0 atom stereocenters. The number of hydrogen-bond acceptors (Lipinski definition) is 5. The summed E-state index contributed by atoms with van der Waals surface area (Å²) >= 11 is 0. The highest BCUT2D eigenvalue weighted by Gasteiger charge is 2.11. The van der Waals surface area contributed by atoms with Crippen molar-refractivity contribution in [2.24, 2.45) is 0 Å².